The second-order valence-corrected chi connectivity index (χ2v) is 2.98. The Kier molecular flexibility index (Phi) is 3.26. The molecule has 5 heteroatoms. The molecule has 0 unspecified atom stereocenters. The van der Waals surface area contributed by atoms with Crippen LogP contribution in [-0.2, 0) is 6.18 Å². The fourth-order valence-corrected chi connectivity index (χ4v) is 1.20. The number of benzene rings is 1. The number of ether oxygens (including phenoxy) is 1. The number of hydrogen-bond acceptors (Lipinski definition) is 1. The zero-order valence-corrected chi connectivity index (χ0v) is 8.12. The fraction of sp³-hybridized carbons (Fsp3) is 0.333. The highest BCUT2D eigenvalue weighted by Crippen LogP contribution is 2.36. The molecule has 1 aromatic rings. The van der Waals surface area contributed by atoms with Gasteiger partial charge in [-0.2, -0.15) is 13.2 Å². The SMILES string of the molecule is CCOc1ccc(Cl)c(C(F)(F)F)c1. The van der Waals surface area contributed by atoms with E-state index in [1.54, 1.807) is 6.92 Å². The van der Waals surface area contributed by atoms with Gasteiger partial charge in [0, 0.05) is 0 Å². The van der Waals surface area contributed by atoms with E-state index in [0.717, 1.165) is 6.07 Å². The molecule has 0 N–H and O–H groups in total. The Morgan fingerprint density at radius 2 is 2.00 bits per heavy atom. The van der Waals surface area contributed by atoms with Crippen LogP contribution in [0.2, 0.25) is 5.02 Å². The standard InChI is InChI=1S/C9H8ClF3O/c1-2-14-6-3-4-8(10)7(5-6)9(11,12)13/h3-5H,2H2,1H3. The van der Waals surface area contributed by atoms with Gasteiger partial charge in [0.25, 0.3) is 0 Å². The number of rotatable bonds is 2. The molecule has 1 nitrogen and oxygen atoms in total. The average molecular weight is 225 g/mol. The van der Waals surface area contributed by atoms with Crippen LogP contribution in [0.15, 0.2) is 18.2 Å². The Balaban J connectivity index is 3.09. The molecular weight excluding hydrogens is 217 g/mol. The smallest absolute Gasteiger partial charge is 0.417 e. The van der Waals surface area contributed by atoms with E-state index in [-0.39, 0.29) is 10.8 Å². The second kappa shape index (κ2) is 4.09. The number of hydrogen-bond donors (Lipinski definition) is 0. The van der Waals surface area contributed by atoms with Crippen LogP contribution in [0.4, 0.5) is 13.2 Å². The summed E-state index contributed by atoms with van der Waals surface area (Å²) in [5, 5.41) is -0.319. The van der Waals surface area contributed by atoms with Crippen molar-refractivity contribution in [3.63, 3.8) is 0 Å². The molecule has 0 spiro atoms. The van der Waals surface area contributed by atoms with Crippen LogP contribution in [-0.4, -0.2) is 6.61 Å². The number of halogens is 4. The van der Waals surface area contributed by atoms with Crippen molar-refractivity contribution in [1.29, 1.82) is 0 Å². The topological polar surface area (TPSA) is 9.23 Å². The summed E-state index contributed by atoms with van der Waals surface area (Å²) < 4.78 is 41.9. The molecule has 78 valence electrons. The van der Waals surface area contributed by atoms with Gasteiger partial charge in [-0.3, -0.25) is 0 Å². The van der Waals surface area contributed by atoms with Crippen molar-refractivity contribution >= 4 is 11.6 Å². The Morgan fingerprint density at radius 1 is 1.36 bits per heavy atom. The monoisotopic (exact) mass is 224 g/mol. The van der Waals surface area contributed by atoms with E-state index in [1.807, 2.05) is 0 Å². The van der Waals surface area contributed by atoms with Crippen LogP contribution in [0.25, 0.3) is 0 Å². The molecule has 0 fully saturated rings. The van der Waals surface area contributed by atoms with E-state index in [2.05, 4.69) is 0 Å². The molecule has 0 saturated heterocycles. The summed E-state index contributed by atoms with van der Waals surface area (Å²) in [6.45, 7) is 2.01. The quantitative estimate of drug-likeness (QED) is 0.743. The fourth-order valence-electron chi connectivity index (χ4n) is 0.978. The summed E-state index contributed by atoms with van der Waals surface area (Å²) >= 11 is 5.41. The van der Waals surface area contributed by atoms with Crippen molar-refractivity contribution in [2.45, 2.75) is 13.1 Å². The Hall–Kier alpha value is -0.900. The average Bonchev–Trinajstić information content (AvgIpc) is 2.07. The first kappa shape index (κ1) is 11.2. The lowest BCUT2D eigenvalue weighted by molar-refractivity contribution is -0.137. The summed E-state index contributed by atoms with van der Waals surface area (Å²) in [5.41, 5.74) is -0.870. The molecule has 0 aromatic heterocycles. The second-order valence-electron chi connectivity index (χ2n) is 2.57. The van der Waals surface area contributed by atoms with Crippen LogP contribution in [0.1, 0.15) is 12.5 Å². The third-order valence-electron chi connectivity index (χ3n) is 1.55. The van der Waals surface area contributed by atoms with Crippen molar-refractivity contribution in [2.75, 3.05) is 6.61 Å². The molecule has 0 saturated carbocycles. The highest BCUT2D eigenvalue weighted by atomic mass is 35.5. The van der Waals surface area contributed by atoms with Crippen LogP contribution in [0.3, 0.4) is 0 Å². The Morgan fingerprint density at radius 3 is 2.50 bits per heavy atom. The lowest BCUT2D eigenvalue weighted by Crippen LogP contribution is -2.06. The summed E-state index contributed by atoms with van der Waals surface area (Å²) in [6.07, 6.45) is -4.44. The van der Waals surface area contributed by atoms with Crippen molar-refractivity contribution in [2.24, 2.45) is 0 Å². The van der Waals surface area contributed by atoms with Gasteiger partial charge in [0.05, 0.1) is 17.2 Å². The van der Waals surface area contributed by atoms with E-state index < -0.39 is 11.7 Å². The predicted molar refractivity (Wildman–Crippen MR) is 47.6 cm³/mol. The van der Waals surface area contributed by atoms with Gasteiger partial charge in [-0.1, -0.05) is 11.6 Å². The molecule has 0 bridgehead atoms. The van der Waals surface area contributed by atoms with E-state index in [0.29, 0.717) is 6.61 Å². The van der Waals surface area contributed by atoms with E-state index >= 15 is 0 Å². The summed E-state index contributed by atoms with van der Waals surface area (Å²) in [4.78, 5) is 0. The van der Waals surface area contributed by atoms with Crippen molar-refractivity contribution in [3.8, 4) is 5.75 Å². The minimum absolute atomic E-state index is 0.171. The van der Waals surface area contributed by atoms with Gasteiger partial charge in [0.15, 0.2) is 0 Å². The molecular formula is C9H8ClF3O. The molecule has 0 heterocycles. The van der Waals surface area contributed by atoms with E-state index in [1.165, 1.54) is 12.1 Å². The highest BCUT2D eigenvalue weighted by molar-refractivity contribution is 6.31. The predicted octanol–water partition coefficient (Wildman–Crippen LogP) is 3.76. The third-order valence-corrected chi connectivity index (χ3v) is 1.88. The maximum absolute atomic E-state index is 12.3. The van der Waals surface area contributed by atoms with Gasteiger partial charge in [-0.05, 0) is 25.1 Å². The van der Waals surface area contributed by atoms with Gasteiger partial charge >= 0.3 is 6.18 Å². The largest absolute Gasteiger partial charge is 0.494 e. The zero-order valence-electron chi connectivity index (χ0n) is 7.36. The summed E-state index contributed by atoms with van der Waals surface area (Å²) in [5.74, 6) is 0.171. The third kappa shape index (κ3) is 2.54. The molecule has 0 radical (unpaired) electrons. The van der Waals surface area contributed by atoms with Crippen molar-refractivity contribution in [1.82, 2.24) is 0 Å². The first-order valence-electron chi connectivity index (χ1n) is 3.94. The van der Waals surface area contributed by atoms with Gasteiger partial charge < -0.3 is 4.74 Å². The maximum Gasteiger partial charge on any atom is 0.417 e. The van der Waals surface area contributed by atoms with E-state index in [4.69, 9.17) is 16.3 Å². The molecule has 0 aliphatic rings. The van der Waals surface area contributed by atoms with Crippen LogP contribution in [0, 0.1) is 0 Å². The van der Waals surface area contributed by atoms with E-state index in [9.17, 15) is 13.2 Å². The normalized spacial score (nSPS) is 11.5. The molecule has 0 aliphatic heterocycles. The molecule has 0 aliphatic carbocycles. The van der Waals surface area contributed by atoms with Gasteiger partial charge in [-0.25, -0.2) is 0 Å². The maximum atomic E-state index is 12.3. The first-order valence-corrected chi connectivity index (χ1v) is 4.32. The van der Waals surface area contributed by atoms with Crippen molar-refractivity contribution < 1.29 is 17.9 Å². The van der Waals surface area contributed by atoms with Crippen molar-refractivity contribution in [3.05, 3.63) is 28.8 Å². The minimum Gasteiger partial charge on any atom is -0.494 e. The highest BCUT2D eigenvalue weighted by Gasteiger charge is 2.33. The first-order chi connectivity index (χ1) is 6.45. The lowest BCUT2D eigenvalue weighted by atomic mass is 10.2. The van der Waals surface area contributed by atoms with Gasteiger partial charge in [-0.15, -0.1) is 0 Å². The van der Waals surface area contributed by atoms with Gasteiger partial charge in [0.2, 0.25) is 0 Å². The molecule has 0 atom stereocenters. The minimum atomic E-state index is -4.44. The molecule has 1 aromatic carbocycles. The zero-order chi connectivity index (χ0) is 10.8. The van der Waals surface area contributed by atoms with Crippen LogP contribution >= 0.6 is 11.6 Å². The van der Waals surface area contributed by atoms with Crippen LogP contribution in [0.5, 0.6) is 5.75 Å². The number of alkyl halides is 3. The summed E-state index contributed by atoms with van der Waals surface area (Å²) in [7, 11) is 0. The Labute approximate surface area is 84.4 Å². The molecule has 1 rings (SSSR count). The Bertz CT molecular complexity index is 322. The summed E-state index contributed by atoms with van der Waals surface area (Å²) in [6, 6.07) is 3.47. The molecule has 14 heavy (non-hydrogen) atoms. The van der Waals surface area contributed by atoms with Crippen LogP contribution < -0.4 is 4.74 Å². The molecule has 0 amide bonds. The van der Waals surface area contributed by atoms with Gasteiger partial charge in [0.1, 0.15) is 5.75 Å². The lowest BCUT2D eigenvalue weighted by Gasteiger charge is -2.10.